The molecule has 2 atom stereocenters. The van der Waals surface area contributed by atoms with Crippen molar-refractivity contribution in [2.45, 2.75) is 32.7 Å². The molecule has 6 heteroatoms. The second kappa shape index (κ2) is 7.91. The monoisotopic (exact) mass is 357 g/mol. The summed E-state index contributed by atoms with van der Waals surface area (Å²) in [6, 6.07) is 6.32. The number of nitrogens with one attached hydrogen (secondary N) is 2. The van der Waals surface area contributed by atoms with Gasteiger partial charge in [-0.05, 0) is 38.0 Å². The number of hydrogen-bond donors (Lipinski definition) is 2. The zero-order valence-corrected chi connectivity index (χ0v) is 15.7. The molecule has 1 aliphatic heterocycles. The molecule has 3 rings (SSSR count). The maximum atomic E-state index is 12.4. The lowest BCUT2D eigenvalue weighted by molar-refractivity contribution is -0.130. The normalized spacial score (nSPS) is 18.5. The van der Waals surface area contributed by atoms with E-state index in [0.29, 0.717) is 19.7 Å². The van der Waals surface area contributed by atoms with Gasteiger partial charge in [-0.25, -0.2) is 0 Å². The molecule has 1 aromatic carbocycles. The maximum Gasteiger partial charge on any atom is 0.225 e. The molecule has 0 radical (unpaired) electrons. The minimum Gasteiger partial charge on any atom is -0.383 e. The number of benzene rings is 1. The Morgan fingerprint density at radius 2 is 2.27 bits per heavy atom. The van der Waals surface area contributed by atoms with Crippen molar-refractivity contribution >= 4 is 22.7 Å². The molecule has 2 heterocycles. The van der Waals surface area contributed by atoms with Gasteiger partial charge in [0.15, 0.2) is 0 Å². The largest absolute Gasteiger partial charge is 0.383 e. The zero-order valence-electron chi connectivity index (χ0n) is 15.7. The lowest BCUT2D eigenvalue weighted by Crippen LogP contribution is -2.39. The molecule has 0 unspecified atom stereocenters. The molecule has 6 nitrogen and oxygen atoms in total. The number of rotatable bonds is 7. The van der Waals surface area contributed by atoms with Crippen molar-refractivity contribution in [1.29, 1.82) is 0 Å². The van der Waals surface area contributed by atoms with E-state index in [0.717, 1.165) is 11.9 Å². The number of carbonyl (C=O) groups excluding carboxylic acids is 2. The van der Waals surface area contributed by atoms with Crippen LogP contribution < -0.4 is 5.32 Å². The Bertz CT molecular complexity index is 799. The van der Waals surface area contributed by atoms with Crippen molar-refractivity contribution < 1.29 is 14.3 Å². The SMILES string of the molecule is COC[C@H](C)N1C[C@H](C(=O)NCCc2c[nH]c3ccc(C)cc23)CC1=O. The number of aryl methyl sites for hydroxylation is 1. The van der Waals surface area contributed by atoms with Crippen LogP contribution in [-0.2, 0) is 20.7 Å². The number of amides is 2. The third-order valence-corrected chi connectivity index (χ3v) is 5.09. The van der Waals surface area contributed by atoms with Crippen LogP contribution in [0.4, 0.5) is 0 Å². The topological polar surface area (TPSA) is 74.4 Å². The first-order valence-corrected chi connectivity index (χ1v) is 9.12. The third-order valence-electron chi connectivity index (χ3n) is 5.09. The summed E-state index contributed by atoms with van der Waals surface area (Å²) in [4.78, 5) is 29.6. The lowest BCUT2D eigenvalue weighted by Gasteiger charge is -2.23. The van der Waals surface area contributed by atoms with E-state index >= 15 is 0 Å². The Hall–Kier alpha value is -2.34. The molecule has 2 amide bonds. The molecule has 0 aliphatic carbocycles. The number of carbonyl (C=O) groups is 2. The Kier molecular flexibility index (Phi) is 5.61. The van der Waals surface area contributed by atoms with E-state index in [2.05, 4.69) is 35.4 Å². The van der Waals surface area contributed by atoms with Crippen molar-refractivity contribution in [1.82, 2.24) is 15.2 Å². The molecule has 1 fully saturated rings. The number of aromatic amines is 1. The van der Waals surface area contributed by atoms with Gasteiger partial charge in [-0.3, -0.25) is 9.59 Å². The molecular formula is C20H27N3O3. The van der Waals surface area contributed by atoms with Crippen molar-refractivity contribution in [3.63, 3.8) is 0 Å². The number of hydrogen-bond acceptors (Lipinski definition) is 3. The van der Waals surface area contributed by atoms with E-state index < -0.39 is 0 Å². The first-order valence-electron chi connectivity index (χ1n) is 9.12. The highest BCUT2D eigenvalue weighted by atomic mass is 16.5. The summed E-state index contributed by atoms with van der Waals surface area (Å²) in [6.45, 7) is 5.55. The van der Waals surface area contributed by atoms with E-state index in [4.69, 9.17) is 4.74 Å². The van der Waals surface area contributed by atoms with Gasteiger partial charge in [0.2, 0.25) is 11.8 Å². The van der Waals surface area contributed by atoms with E-state index in [1.807, 2.05) is 13.1 Å². The summed E-state index contributed by atoms with van der Waals surface area (Å²) >= 11 is 0. The van der Waals surface area contributed by atoms with Crippen LogP contribution in [0.3, 0.4) is 0 Å². The molecule has 1 saturated heterocycles. The van der Waals surface area contributed by atoms with Gasteiger partial charge < -0.3 is 19.9 Å². The van der Waals surface area contributed by atoms with Crippen LogP contribution in [0.15, 0.2) is 24.4 Å². The van der Waals surface area contributed by atoms with Crippen LogP contribution >= 0.6 is 0 Å². The van der Waals surface area contributed by atoms with Crippen molar-refractivity contribution in [2.24, 2.45) is 5.92 Å². The Labute approximate surface area is 153 Å². The summed E-state index contributed by atoms with van der Waals surface area (Å²) < 4.78 is 5.11. The predicted octanol–water partition coefficient (Wildman–Crippen LogP) is 2.02. The van der Waals surface area contributed by atoms with Gasteiger partial charge >= 0.3 is 0 Å². The molecule has 1 aliphatic rings. The molecule has 0 spiro atoms. The number of aromatic nitrogens is 1. The van der Waals surface area contributed by atoms with E-state index in [9.17, 15) is 9.59 Å². The summed E-state index contributed by atoms with van der Waals surface area (Å²) in [5, 5.41) is 4.19. The number of H-pyrrole nitrogens is 1. The van der Waals surface area contributed by atoms with Gasteiger partial charge in [0.1, 0.15) is 0 Å². The van der Waals surface area contributed by atoms with Gasteiger partial charge in [-0.1, -0.05) is 11.6 Å². The van der Waals surface area contributed by atoms with Crippen molar-refractivity contribution in [3.8, 4) is 0 Å². The number of likely N-dealkylation sites (tertiary alicyclic amines) is 1. The molecule has 26 heavy (non-hydrogen) atoms. The number of ether oxygens (including phenoxy) is 1. The molecule has 2 N–H and O–H groups in total. The summed E-state index contributed by atoms with van der Waals surface area (Å²) in [7, 11) is 1.62. The highest BCUT2D eigenvalue weighted by Gasteiger charge is 2.36. The second-order valence-electron chi connectivity index (χ2n) is 7.16. The van der Waals surface area contributed by atoms with Gasteiger partial charge in [0, 0.05) is 43.7 Å². The van der Waals surface area contributed by atoms with E-state index in [-0.39, 0.29) is 30.2 Å². The van der Waals surface area contributed by atoms with E-state index in [1.54, 1.807) is 12.0 Å². The van der Waals surface area contributed by atoms with Crippen LogP contribution in [0.2, 0.25) is 0 Å². The Morgan fingerprint density at radius 1 is 1.46 bits per heavy atom. The highest BCUT2D eigenvalue weighted by Crippen LogP contribution is 2.22. The van der Waals surface area contributed by atoms with Gasteiger partial charge in [-0.15, -0.1) is 0 Å². The number of nitrogens with zero attached hydrogens (tertiary/aromatic N) is 1. The fourth-order valence-corrected chi connectivity index (χ4v) is 3.63. The number of fused-ring (bicyclic) bond motifs is 1. The molecule has 1 aromatic heterocycles. The molecule has 140 valence electrons. The van der Waals surface area contributed by atoms with Crippen LogP contribution in [0.5, 0.6) is 0 Å². The fourth-order valence-electron chi connectivity index (χ4n) is 3.63. The smallest absolute Gasteiger partial charge is 0.225 e. The van der Waals surface area contributed by atoms with Crippen LogP contribution in [-0.4, -0.2) is 54.5 Å². The number of methoxy groups -OCH3 is 1. The summed E-state index contributed by atoms with van der Waals surface area (Å²) in [5.74, 6) is -0.282. The van der Waals surface area contributed by atoms with Gasteiger partial charge in [0.25, 0.3) is 0 Å². The van der Waals surface area contributed by atoms with Crippen molar-refractivity contribution in [3.05, 3.63) is 35.5 Å². The fraction of sp³-hybridized carbons (Fsp3) is 0.500. The predicted molar refractivity (Wildman–Crippen MR) is 101 cm³/mol. The van der Waals surface area contributed by atoms with Gasteiger partial charge in [0.05, 0.1) is 18.6 Å². The molecule has 0 saturated carbocycles. The quantitative estimate of drug-likeness (QED) is 0.796. The minimum absolute atomic E-state index is 0.000222. The maximum absolute atomic E-state index is 12.4. The molecular weight excluding hydrogens is 330 g/mol. The van der Waals surface area contributed by atoms with Crippen molar-refractivity contribution in [2.75, 3.05) is 26.8 Å². The van der Waals surface area contributed by atoms with Crippen LogP contribution in [0.1, 0.15) is 24.5 Å². The zero-order chi connectivity index (χ0) is 18.7. The summed E-state index contributed by atoms with van der Waals surface area (Å²) in [5.41, 5.74) is 3.53. The summed E-state index contributed by atoms with van der Waals surface area (Å²) in [6.07, 6.45) is 3.05. The lowest BCUT2D eigenvalue weighted by atomic mass is 10.1. The first-order chi connectivity index (χ1) is 12.5. The second-order valence-corrected chi connectivity index (χ2v) is 7.16. The molecule has 0 bridgehead atoms. The molecule has 2 aromatic rings. The first kappa shape index (κ1) is 18.5. The average molecular weight is 357 g/mol. The van der Waals surface area contributed by atoms with E-state index in [1.165, 1.54) is 16.5 Å². The Balaban J connectivity index is 1.53. The van der Waals surface area contributed by atoms with Crippen LogP contribution in [0.25, 0.3) is 10.9 Å². The Morgan fingerprint density at radius 3 is 3.04 bits per heavy atom. The van der Waals surface area contributed by atoms with Gasteiger partial charge in [-0.2, -0.15) is 0 Å². The van der Waals surface area contributed by atoms with Crippen LogP contribution in [0, 0.1) is 12.8 Å². The highest BCUT2D eigenvalue weighted by molar-refractivity contribution is 5.89. The standard InChI is InChI=1S/C20H27N3O3/c1-13-4-5-18-17(8-13)15(10-22-18)6-7-21-20(25)16-9-19(24)23(11-16)14(2)12-26-3/h4-5,8,10,14,16,22H,6-7,9,11-12H2,1-3H3,(H,21,25)/t14-,16+/m0/s1. The average Bonchev–Trinajstić information content (AvgIpc) is 3.19. The third kappa shape index (κ3) is 3.90. The minimum atomic E-state index is -0.271.